The van der Waals surface area contributed by atoms with Crippen molar-refractivity contribution in [2.24, 2.45) is 0 Å². The molecule has 0 saturated heterocycles. The van der Waals surface area contributed by atoms with Gasteiger partial charge in [0.2, 0.25) is 0 Å². The van der Waals surface area contributed by atoms with Crippen molar-refractivity contribution in [1.29, 1.82) is 0 Å². The molecule has 0 radical (unpaired) electrons. The number of aryl methyl sites for hydroxylation is 1. The Morgan fingerprint density at radius 2 is 2.26 bits per heavy atom. The molecular weight excluding hydrogens is 283 g/mol. The van der Waals surface area contributed by atoms with Crippen molar-refractivity contribution in [1.82, 2.24) is 9.88 Å². The summed E-state index contributed by atoms with van der Waals surface area (Å²) in [5.74, 6) is -0.914. The second-order valence-electron chi connectivity index (χ2n) is 4.18. The minimum absolute atomic E-state index is 0.0296. The molecule has 0 saturated carbocycles. The predicted molar refractivity (Wildman–Crippen MR) is 76.3 cm³/mol. The van der Waals surface area contributed by atoms with Crippen LogP contribution in [-0.4, -0.2) is 22.8 Å². The first kappa shape index (κ1) is 14.0. The Morgan fingerprint density at radius 3 is 2.89 bits per heavy atom. The lowest BCUT2D eigenvalue weighted by Crippen LogP contribution is -2.27. The smallest absolute Gasteiger partial charge is 0.256 e. The van der Waals surface area contributed by atoms with E-state index in [1.165, 1.54) is 34.4 Å². The molecule has 0 atom stereocenters. The number of halogens is 1. The van der Waals surface area contributed by atoms with Crippen LogP contribution in [0.25, 0.3) is 0 Å². The van der Waals surface area contributed by atoms with E-state index in [0.29, 0.717) is 11.4 Å². The van der Waals surface area contributed by atoms with Gasteiger partial charge < -0.3 is 4.90 Å². The molecule has 19 heavy (non-hydrogen) atoms. The van der Waals surface area contributed by atoms with Crippen LogP contribution in [0.4, 0.5) is 4.39 Å². The molecule has 0 fully saturated rings. The van der Waals surface area contributed by atoms with Gasteiger partial charge in [-0.1, -0.05) is 0 Å². The highest BCUT2D eigenvalue weighted by atomic mass is 32.1. The van der Waals surface area contributed by atoms with Gasteiger partial charge in [-0.3, -0.25) is 4.79 Å². The summed E-state index contributed by atoms with van der Waals surface area (Å²) in [7, 11) is 1.63. The van der Waals surface area contributed by atoms with Gasteiger partial charge in [0.25, 0.3) is 5.91 Å². The van der Waals surface area contributed by atoms with E-state index in [4.69, 9.17) is 0 Å². The molecule has 6 heteroatoms. The molecule has 0 aliphatic heterocycles. The molecule has 0 aliphatic carbocycles. The van der Waals surface area contributed by atoms with Crippen molar-refractivity contribution in [3.63, 3.8) is 0 Å². The molecule has 3 nitrogen and oxygen atoms in total. The van der Waals surface area contributed by atoms with Crippen molar-refractivity contribution in [2.75, 3.05) is 7.05 Å². The van der Waals surface area contributed by atoms with E-state index in [-0.39, 0.29) is 11.5 Å². The zero-order valence-corrected chi connectivity index (χ0v) is 12.3. The monoisotopic (exact) mass is 296 g/mol. The molecule has 100 valence electrons. The first-order chi connectivity index (χ1) is 8.97. The highest BCUT2D eigenvalue weighted by Crippen LogP contribution is 2.17. The number of hydrogen-bond acceptors (Lipinski definition) is 4. The van der Waals surface area contributed by atoms with Gasteiger partial charge in [0.15, 0.2) is 0 Å². The molecule has 1 aromatic carbocycles. The first-order valence-corrected chi connectivity index (χ1v) is 6.95. The van der Waals surface area contributed by atoms with E-state index in [2.05, 4.69) is 17.6 Å². The fourth-order valence-electron chi connectivity index (χ4n) is 1.68. The normalized spacial score (nSPS) is 10.5. The maximum Gasteiger partial charge on any atom is 0.256 e. The Balaban J connectivity index is 2.16. The number of hydrogen-bond donors (Lipinski definition) is 1. The zero-order valence-electron chi connectivity index (χ0n) is 10.6. The van der Waals surface area contributed by atoms with Gasteiger partial charge >= 0.3 is 0 Å². The van der Waals surface area contributed by atoms with Gasteiger partial charge in [0.05, 0.1) is 22.8 Å². The summed E-state index contributed by atoms with van der Waals surface area (Å²) in [6.45, 7) is 2.26. The Hall–Kier alpha value is -1.40. The van der Waals surface area contributed by atoms with Crippen LogP contribution in [0.1, 0.15) is 21.1 Å². The molecule has 0 unspecified atom stereocenters. The summed E-state index contributed by atoms with van der Waals surface area (Å²) in [5, 5.41) is 2.84. The van der Waals surface area contributed by atoms with E-state index < -0.39 is 5.82 Å². The molecule has 0 bridgehead atoms. The molecule has 0 N–H and O–H groups in total. The predicted octanol–water partition coefficient (Wildman–Crippen LogP) is 3.15. The lowest BCUT2D eigenvalue weighted by atomic mass is 10.2. The average Bonchev–Trinajstić information content (AvgIpc) is 2.77. The fraction of sp³-hybridized carbons (Fsp3) is 0.231. The molecule has 2 aromatic rings. The Kier molecular flexibility index (Phi) is 4.21. The average molecular weight is 296 g/mol. The first-order valence-electron chi connectivity index (χ1n) is 5.62. The van der Waals surface area contributed by atoms with Crippen molar-refractivity contribution < 1.29 is 9.18 Å². The van der Waals surface area contributed by atoms with Gasteiger partial charge in [-0.25, -0.2) is 9.37 Å². The molecule has 2 rings (SSSR count). The Bertz CT molecular complexity index is 612. The second-order valence-corrected chi connectivity index (χ2v) is 5.76. The highest BCUT2D eigenvalue weighted by molar-refractivity contribution is 7.80. The van der Waals surface area contributed by atoms with Gasteiger partial charge in [0.1, 0.15) is 5.82 Å². The van der Waals surface area contributed by atoms with Crippen LogP contribution in [0.2, 0.25) is 0 Å². The highest BCUT2D eigenvalue weighted by Gasteiger charge is 2.17. The minimum atomic E-state index is -0.538. The fourth-order valence-corrected chi connectivity index (χ4v) is 2.49. The van der Waals surface area contributed by atoms with Gasteiger partial charge in [-0.15, -0.1) is 24.0 Å². The van der Waals surface area contributed by atoms with E-state index in [1.54, 1.807) is 7.05 Å². The summed E-state index contributed by atoms with van der Waals surface area (Å²) >= 11 is 5.64. The summed E-state index contributed by atoms with van der Waals surface area (Å²) in [4.78, 5) is 18.4. The number of nitrogens with zero attached hydrogens (tertiary/aromatic N) is 2. The number of amides is 1. The van der Waals surface area contributed by atoms with E-state index in [9.17, 15) is 9.18 Å². The van der Waals surface area contributed by atoms with Crippen LogP contribution in [0.15, 0.2) is 28.5 Å². The maximum absolute atomic E-state index is 13.6. The minimum Gasteiger partial charge on any atom is -0.336 e. The van der Waals surface area contributed by atoms with E-state index >= 15 is 0 Å². The zero-order chi connectivity index (χ0) is 14.0. The second kappa shape index (κ2) is 5.71. The third kappa shape index (κ3) is 3.33. The van der Waals surface area contributed by atoms with Crippen LogP contribution < -0.4 is 0 Å². The Labute approximate surface area is 120 Å². The molecule has 0 aliphatic rings. The third-order valence-electron chi connectivity index (χ3n) is 2.59. The quantitative estimate of drug-likeness (QED) is 0.883. The van der Waals surface area contributed by atoms with Crippen LogP contribution in [0.3, 0.4) is 0 Å². The molecule has 1 aromatic heterocycles. The third-order valence-corrected chi connectivity index (χ3v) is 3.69. The largest absolute Gasteiger partial charge is 0.336 e. The van der Waals surface area contributed by atoms with Crippen LogP contribution >= 0.6 is 24.0 Å². The van der Waals surface area contributed by atoms with Crippen molar-refractivity contribution in [3.8, 4) is 0 Å². The number of rotatable bonds is 3. The summed E-state index contributed by atoms with van der Waals surface area (Å²) in [6.07, 6.45) is 0. The molecule has 0 spiro atoms. The van der Waals surface area contributed by atoms with E-state index in [1.807, 2.05) is 12.3 Å². The molecule has 1 amide bonds. The topological polar surface area (TPSA) is 33.2 Å². The summed E-state index contributed by atoms with van der Waals surface area (Å²) in [5.41, 5.74) is 0.836. The van der Waals surface area contributed by atoms with Gasteiger partial charge in [0, 0.05) is 17.3 Å². The number of benzene rings is 1. The lowest BCUT2D eigenvalue weighted by molar-refractivity contribution is 0.0778. The molecule has 1 heterocycles. The summed E-state index contributed by atoms with van der Waals surface area (Å²) < 4.78 is 13.6. The number of carbonyl (C=O) groups is 1. The number of aromatic nitrogens is 1. The number of thiazole rings is 1. The van der Waals surface area contributed by atoms with Gasteiger partial charge in [-0.2, -0.15) is 0 Å². The van der Waals surface area contributed by atoms with Gasteiger partial charge in [-0.05, 0) is 25.1 Å². The van der Waals surface area contributed by atoms with E-state index in [0.717, 1.165) is 10.7 Å². The summed E-state index contributed by atoms with van der Waals surface area (Å²) in [6, 6.07) is 4.19. The Morgan fingerprint density at radius 1 is 1.53 bits per heavy atom. The van der Waals surface area contributed by atoms with Crippen LogP contribution in [0, 0.1) is 12.7 Å². The van der Waals surface area contributed by atoms with Crippen LogP contribution in [0.5, 0.6) is 0 Å². The van der Waals surface area contributed by atoms with Crippen molar-refractivity contribution >= 4 is 29.9 Å². The number of thiol groups is 1. The maximum atomic E-state index is 13.6. The van der Waals surface area contributed by atoms with Crippen molar-refractivity contribution in [2.45, 2.75) is 18.4 Å². The molecular formula is C13H13FN2OS2. The van der Waals surface area contributed by atoms with Crippen molar-refractivity contribution in [3.05, 3.63) is 45.7 Å². The number of carbonyl (C=O) groups excluding carboxylic acids is 1. The van der Waals surface area contributed by atoms with Crippen LogP contribution in [-0.2, 0) is 6.54 Å². The standard InChI is InChI=1S/C13H13FN2OS2/c1-8-15-9(7-19-8)6-16(2)13(17)11-5-10(18)3-4-12(11)14/h3-5,7,18H,6H2,1-2H3. The SMILES string of the molecule is Cc1nc(CN(C)C(=O)c2cc(S)ccc2F)cs1. The lowest BCUT2D eigenvalue weighted by Gasteiger charge is -2.16.